The first-order valence-electron chi connectivity index (χ1n) is 3.04. The summed E-state index contributed by atoms with van der Waals surface area (Å²) < 4.78 is 4.39. The van der Waals surface area contributed by atoms with Crippen molar-refractivity contribution < 1.29 is 24.3 Å². The van der Waals surface area contributed by atoms with Crippen molar-refractivity contribution in [2.75, 3.05) is 0 Å². The molecule has 0 aliphatic carbocycles. The molecule has 0 saturated carbocycles. The SMILES string of the molecule is C=CC(=O)O.CC1ONC(=O)O1. The van der Waals surface area contributed by atoms with Crippen molar-refractivity contribution in [2.45, 2.75) is 13.2 Å². The molecule has 1 aliphatic rings. The molecular formula is C6H9NO5. The number of hydroxylamine groups is 1. The minimum absolute atomic E-state index is 0.438. The molecular weight excluding hydrogens is 166 g/mol. The van der Waals surface area contributed by atoms with E-state index in [4.69, 9.17) is 5.11 Å². The van der Waals surface area contributed by atoms with E-state index in [1.165, 1.54) is 0 Å². The van der Waals surface area contributed by atoms with E-state index in [-0.39, 0.29) is 0 Å². The molecule has 1 fully saturated rings. The maximum atomic E-state index is 10.00. The molecule has 1 aliphatic heterocycles. The highest BCUT2D eigenvalue weighted by Gasteiger charge is 2.17. The number of carbonyl (C=O) groups is 2. The number of hydrogen-bond donors (Lipinski definition) is 2. The largest absolute Gasteiger partial charge is 0.478 e. The minimum Gasteiger partial charge on any atom is -0.478 e. The van der Waals surface area contributed by atoms with Gasteiger partial charge in [-0.2, -0.15) is 5.48 Å². The highest BCUT2D eigenvalue weighted by atomic mass is 16.9. The van der Waals surface area contributed by atoms with Crippen LogP contribution in [-0.4, -0.2) is 23.5 Å². The fraction of sp³-hybridized carbons (Fsp3) is 0.333. The second kappa shape index (κ2) is 5.14. The Morgan fingerprint density at radius 2 is 2.33 bits per heavy atom. The van der Waals surface area contributed by atoms with Gasteiger partial charge in [0.1, 0.15) is 0 Å². The van der Waals surface area contributed by atoms with Crippen molar-refractivity contribution >= 4 is 12.1 Å². The molecule has 0 aromatic heterocycles. The number of cyclic esters (lactones) is 1. The monoisotopic (exact) mass is 175 g/mol. The number of aliphatic carboxylic acids is 1. The Bertz CT molecular complexity index is 190. The minimum atomic E-state index is -0.981. The molecule has 2 N–H and O–H groups in total. The molecule has 0 aromatic carbocycles. The van der Waals surface area contributed by atoms with Gasteiger partial charge in [-0.3, -0.25) is 0 Å². The summed E-state index contributed by atoms with van der Waals surface area (Å²) >= 11 is 0. The van der Waals surface area contributed by atoms with E-state index >= 15 is 0 Å². The van der Waals surface area contributed by atoms with Crippen LogP contribution in [0.2, 0.25) is 0 Å². The van der Waals surface area contributed by atoms with Gasteiger partial charge < -0.3 is 9.84 Å². The fourth-order valence-electron chi connectivity index (χ4n) is 0.330. The zero-order valence-electron chi connectivity index (χ0n) is 6.44. The van der Waals surface area contributed by atoms with Gasteiger partial charge in [0, 0.05) is 13.0 Å². The Morgan fingerprint density at radius 3 is 2.42 bits per heavy atom. The van der Waals surface area contributed by atoms with Gasteiger partial charge in [0.2, 0.25) is 6.29 Å². The van der Waals surface area contributed by atoms with Gasteiger partial charge in [-0.05, 0) is 0 Å². The van der Waals surface area contributed by atoms with Crippen LogP contribution >= 0.6 is 0 Å². The Hall–Kier alpha value is -1.56. The maximum absolute atomic E-state index is 10.00. The molecule has 6 nitrogen and oxygen atoms in total. The van der Waals surface area contributed by atoms with Crippen molar-refractivity contribution in [3.8, 4) is 0 Å². The summed E-state index contributed by atoms with van der Waals surface area (Å²) in [5, 5.41) is 7.60. The number of carboxylic acid groups (broad SMARTS) is 1. The number of amides is 1. The van der Waals surface area contributed by atoms with Crippen LogP contribution in [0.1, 0.15) is 6.92 Å². The van der Waals surface area contributed by atoms with Crippen LogP contribution < -0.4 is 5.48 Å². The van der Waals surface area contributed by atoms with Crippen molar-refractivity contribution in [2.24, 2.45) is 0 Å². The summed E-state index contributed by atoms with van der Waals surface area (Å²) in [5.74, 6) is -0.981. The normalized spacial score (nSPS) is 19.8. The third kappa shape index (κ3) is 5.24. The number of carboxylic acids is 1. The number of nitrogens with one attached hydrogen (secondary N) is 1. The standard InChI is InChI=1S/C3H5NO3.C3H4O2/c1-2-6-3(5)4-7-2;1-2-3(4)5/h2H,1H3,(H,4,5);2H,1H2,(H,4,5). The second-order valence-electron chi connectivity index (χ2n) is 1.74. The van der Waals surface area contributed by atoms with Crippen molar-refractivity contribution in [1.29, 1.82) is 0 Å². The smallest absolute Gasteiger partial charge is 0.433 e. The van der Waals surface area contributed by atoms with Gasteiger partial charge in [0.15, 0.2) is 0 Å². The molecule has 6 heteroatoms. The van der Waals surface area contributed by atoms with Gasteiger partial charge in [-0.1, -0.05) is 6.58 Å². The Balaban J connectivity index is 0.000000217. The van der Waals surface area contributed by atoms with Gasteiger partial charge in [-0.15, -0.1) is 0 Å². The lowest BCUT2D eigenvalue weighted by molar-refractivity contribution is -0.131. The molecule has 1 heterocycles. The van der Waals surface area contributed by atoms with Gasteiger partial charge >= 0.3 is 12.1 Å². The van der Waals surface area contributed by atoms with Gasteiger partial charge in [-0.25, -0.2) is 14.4 Å². The van der Waals surface area contributed by atoms with E-state index in [2.05, 4.69) is 16.2 Å². The molecule has 0 radical (unpaired) electrons. The molecule has 12 heavy (non-hydrogen) atoms. The Kier molecular flexibility index (Phi) is 4.47. The van der Waals surface area contributed by atoms with Crippen LogP contribution in [0.3, 0.4) is 0 Å². The maximum Gasteiger partial charge on any atom is 0.433 e. The topological polar surface area (TPSA) is 84.9 Å². The second-order valence-corrected chi connectivity index (χ2v) is 1.74. The average Bonchev–Trinajstić information content (AvgIpc) is 2.36. The molecule has 1 atom stereocenters. The highest BCUT2D eigenvalue weighted by Crippen LogP contribution is 1.97. The highest BCUT2D eigenvalue weighted by molar-refractivity contribution is 5.78. The first-order chi connectivity index (χ1) is 5.56. The molecule has 1 saturated heterocycles. The first kappa shape index (κ1) is 10.4. The molecule has 0 bridgehead atoms. The Labute approximate surface area is 68.7 Å². The number of carbonyl (C=O) groups excluding carboxylic acids is 1. The summed E-state index contributed by atoms with van der Waals surface area (Å²) in [6, 6.07) is 0. The van der Waals surface area contributed by atoms with Gasteiger partial charge in [0.05, 0.1) is 0 Å². The predicted octanol–water partition coefficient (Wildman–Crippen LogP) is 0.261. The lowest BCUT2D eigenvalue weighted by Gasteiger charge is -1.91. The van der Waals surface area contributed by atoms with Crippen molar-refractivity contribution in [1.82, 2.24) is 5.48 Å². The van der Waals surface area contributed by atoms with Crippen LogP contribution in [0.4, 0.5) is 4.79 Å². The summed E-state index contributed by atoms with van der Waals surface area (Å²) in [6.45, 7) is 4.58. The summed E-state index contributed by atoms with van der Waals surface area (Å²) in [4.78, 5) is 23.7. The quantitative estimate of drug-likeness (QED) is 0.558. The number of ether oxygens (including phenoxy) is 1. The third-order valence-corrected chi connectivity index (χ3v) is 0.756. The van der Waals surface area contributed by atoms with E-state index in [1.807, 2.05) is 5.48 Å². The summed E-state index contributed by atoms with van der Waals surface area (Å²) in [7, 11) is 0. The van der Waals surface area contributed by atoms with Crippen LogP contribution in [-0.2, 0) is 14.4 Å². The lowest BCUT2D eigenvalue weighted by atomic mass is 10.7. The zero-order chi connectivity index (χ0) is 9.56. The van der Waals surface area contributed by atoms with E-state index in [0.717, 1.165) is 6.08 Å². The molecule has 68 valence electrons. The number of hydrogen-bond acceptors (Lipinski definition) is 4. The van der Waals surface area contributed by atoms with E-state index < -0.39 is 18.4 Å². The van der Waals surface area contributed by atoms with Gasteiger partial charge in [0.25, 0.3) is 0 Å². The Morgan fingerprint density at radius 1 is 1.83 bits per heavy atom. The lowest BCUT2D eigenvalue weighted by Crippen LogP contribution is -2.10. The van der Waals surface area contributed by atoms with E-state index in [1.54, 1.807) is 6.92 Å². The van der Waals surface area contributed by atoms with Crippen LogP contribution in [0, 0.1) is 0 Å². The summed E-state index contributed by atoms with van der Waals surface area (Å²) in [5.41, 5.74) is 2.01. The summed E-state index contributed by atoms with van der Waals surface area (Å²) in [6.07, 6.45) is -0.125. The van der Waals surface area contributed by atoms with Crippen LogP contribution in [0.5, 0.6) is 0 Å². The molecule has 1 unspecified atom stereocenters. The van der Waals surface area contributed by atoms with E-state index in [0.29, 0.717) is 0 Å². The molecule has 1 amide bonds. The van der Waals surface area contributed by atoms with E-state index in [9.17, 15) is 9.59 Å². The van der Waals surface area contributed by atoms with Crippen LogP contribution in [0.25, 0.3) is 0 Å². The fourth-order valence-corrected chi connectivity index (χ4v) is 0.330. The predicted molar refractivity (Wildman–Crippen MR) is 38.0 cm³/mol. The van der Waals surface area contributed by atoms with Crippen molar-refractivity contribution in [3.05, 3.63) is 12.7 Å². The van der Waals surface area contributed by atoms with Crippen molar-refractivity contribution in [3.63, 3.8) is 0 Å². The zero-order valence-corrected chi connectivity index (χ0v) is 6.44. The molecule has 0 aromatic rings. The van der Waals surface area contributed by atoms with Crippen LogP contribution in [0.15, 0.2) is 12.7 Å². The average molecular weight is 175 g/mol. The molecule has 0 spiro atoms. The first-order valence-corrected chi connectivity index (χ1v) is 3.04. The number of rotatable bonds is 1. The molecule has 1 rings (SSSR count). The third-order valence-electron chi connectivity index (χ3n) is 0.756.